The van der Waals surface area contributed by atoms with Gasteiger partial charge in [-0.25, -0.2) is 9.18 Å². The van der Waals surface area contributed by atoms with Gasteiger partial charge in [0.25, 0.3) is 0 Å². The van der Waals surface area contributed by atoms with Crippen LogP contribution in [-0.2, 0) is 9.53 Å². The number of hydrogen-bond acceptors (Lipinski definition) is 3. The standard InChI is InChI=1S/C11H11ClFNO2/c1-2-16-11(15)10-6-14(10)7-3-4-9(13)8(12)5-7/h3-5,10H,2,6H2,1H3. The molecule has 0 N–H and O–H groups in total. The Labute approximate surface area is 97.8 Å². The Morgan fingerprint density at radius 1 is 1.69 bits per heavy atom. The lowest BCUT2D eigenvalue weighted by Gasteiger charge is -2.06. The maximum Gasteiger partial charge on any atom is 0.330 e. The van der Waals surface area contributed by atoms with E-state index in [1.54, 1.807) is 13.0 Å². The molecular formula is C11H11ClFNO2. The van der Waals surface area contributed by atoms with Crippen molar-refractivity contribution in [1.29, 1.82) is 0 Å². The third-order valence-electron chi connectivity index (χ3n) is 2.41. The highest BCUT2D eigenvalue weighted by Gasteiger charge is 2.41. The SMILES string of the molecule is CCOC(=O)C1CN1c1ccc(F)c(Cl)c1. The molecule has 0 aromatic heterocycles. The Bertz CT molecular complexity index is 424. The van der Waals surface area contributed by atoms with E-state index in [4.69, 9.17) is 16.3 Å². The van der Waals surface area contributed by atoms with Gasteiger partial charge in [0.1, 0.15) is 11.9 Å². The highest BCUT2D eigenvalue weighted by atomic mass is 35.5. The van der Waals surface area contributed by atoms with Crippen molar-refractivity contribution >= 4 is 23.3 Å². The van der Waals surface area contributed by atoms with Crippen LogP contribution in [0.25, 0.3) is 0 Å². The van der Waals surface area contributed by atoms with Crippen molar-refractivity contribution in [3.05, 3.63) is 29.0 Å². The van der Waals surface area contributed by atoms with E-state index >= 15 is 0 Å². The molecule has 1 aromatic rings. The topological polar surface area (TPSA) is 29.3 Å². The number of esters is 1. The second-order valence-electron chi connectivity index (χ2n) is 3.52. The maximum atomic E-state index is 12.9. The quantitative estimate of drug-likeness (QED) is 0.602. The molecule has 1 aromatic carbocycles. The number of halogens is 2. The van der Waals surface area contributed by atoms with E-state index in [2.05, 4.69) is 0 Å². The van der Waals surface area contributed by atoms with Crippen molar-refractivity contribution in [1.82, 2.24) is 0 Å². The van der Waals surface area contributed by atoms with Crippen molar-refractivity contribution < 1.29 is 13.9 Å². The van der Waals surface area contributed by atoms with Crippen molar-refractivity contribution in [2.75, 3.05) is 18.1 Å². The molecule has 1 heterocycles. The van der Waals surface area contributed by atoms with Crippen molar-refractivity contribution in [2.24, 2.45) is 0 Å². The molecule has 0 spiro atoms. The third kappa shape index (κ3) is 2.11. The van der Waals surface area contributed by atoms with Gasteiger partial charge in [-0.15, -0.1) is 0 Å². The number of nitrogens with zero attached hydrogens (tertiary/aromatic N) is 1. The summed E-state index contributed by atoms with van der Waals surface area (Å²) < 4.78 is 17.8. The Hall–Kier alpha value is -1.29. The van der Waals surface area contributed by atoms with E-state index in [1.165, 1.54) is 12.1 Å². The van der Waals surface area contributed by atoms with Gasteiger partial charge in [0.2, 0.25) is 0 Å². The molecule has 0 radical (unpaired) electrons. The predicted molar refractivity (Wildman–Crippen MR) is 59.2 cm³/mol. The minimum atomic E-state index is -0.458. The van der Waals surface area contributed by atoms with Crippen LogP contribution in [0.1, 0.15) is 6.92 Å². The summed E-state index contributed by atoms with van der Waals surface area (Å²) in [6.07, 6.45) is 0. The lowest BCUT2D eigenvalue weighted by molar-refractivity contribution is -0.142. The molecule has 1 atom stereocenters. The molecule has 0 aliphatic carbocycles. The average molecular weight is 244 g/mol. The highest BCUT2D eigenvalue weighted by molar-refractivity contribution is 6.31. The minimum absolute atomic E-state index is 0.0620. The van der Waals surface area contributed by atoms with Gasteiger partial charge in [0.15, 0.2) is 0 Å². The zero-order valence-corrected chi connectivity index (χ0v) is 9.50. The zero-order chi connectivity index (χ0) is 11.7. The van der Waals surface area contributed by atoms with Crippen LogP contribution >= 0.6 is 11.6 Å². The fraction of sp³-hybridized carbons (Fsp3) is 0.364. The van der Waals surface area contributed by atoms with Gasteiger partial charge in [-0.2, -0.15) is 0 Å². The lowest BCUT2D eigenvalue weighted by atomic mass is 10.3. The lowest BCUT2D eigenvalue weighted by Crippen LogP contribution is -2.15. The van der Waals surface area contributed by atoms with E-state index < -0.39 is 5.82 Å². The van der Waals surface area contributed by atoms with Crippen LogP contribution in [-0.4, -0.2) is 25.2 Å². The predicted octanol–water partition coefficient (Wildman–Crippen LogP) is 2.23. The first kappa shape index (κ1) is 11.2. The minimum Gasteiger partial charge on any atom is -0.464 e. The number of benzene rings is 1. The van der Waals surface area contributed by atoms with E-state index in [1.807, 2.05) is 4.90 Å². The first-order valence-electron chi connectivity index (χ1n) is 5.01. The van der Waals surface area contributed by atoms with Crippen LogP contribution in [0.15, 0.2) is 18.2 Å². The van der Waals surface area contributed by atoms with E-state index in [0.29, 0.717) is 13.2 Å². The molecule has 0 amide bonds. The zero-order valence-electron chi connectivity index (χ0n) is 8.74. The average Bonchev–Trinajstić information content (AvgIpc) is 3.02. The number of hydrogen-bond donors (Lipinski definition) is 0. The van der Waals surface area contributed by atoms with Gasteiger partial charge in [-0.05, 0) is 25.1 Å². The number of anilines is 1. The molecule has 86 valence electrons. The molecule has 0 saturated carbocycles. The van der Waals surface area contributed by atoms with Gasteiger partial charge in [-0.1, -0.05) is 11.6 Å². The van der Waals surface area contributed by atoms with E-state index in [0.717, 1.165) is 5.69 Å². The van der Waals surface area contributed by atoms with Crippen molar-refractivity contribution in [3.8, 4) is 0 Å². The fourth-order valence-corrected chi connectivity index (χ4v) is 1.70. The molecular weight excluding hydrogens is 233 g/mol. The first-order chi connectivity index (χ1) is 7.63. The summed E-state index contributed by atoms with van der Waals surface area (Å²) in [6.45, 7) is 2.73. The summed E-state index contributed by atoms with van der Waals surface area (Å²) in [7, 11) is 0. The first-order valence-corrected chi connectivity index (χ1v) is 5.39. The monoisotopic (exact) mass is 243 g/mol. The van der Waals surface area contributed by atoms with Crippen LogP contribution in [0.3, 0.4) is 0 Å². The van der Waals surface area contributed by atoms with Gasteiger partial charge >= 0.3 is 5.97 Å². The summed E-state index contributed by atoms with van der Waals surface area (Å²) in [4.78, 5) is 13.2. The van der Waals surface area contributed by atoms with E-state index in [-0.39, 0.29) is 17.0 Å². The molecule has 16 heavy (non-hydrogen) atoms. The number of carbonyl (C=O) groups excluding carboxylic acids is 1. The summed E-state index contributed by atoms with van der Waals surface area (Å²) >= 11 is 5.66. The normalized spacial score (nSPS) is 18.4. The molecule has 1 fully saturated rings. The Morgan fingerprint density at radius 3 is 3.06 bits per heavy atom. The number of ether oxygens (including phenoxy) is 1. The summed E-state index contributed by atoms with van der Waals surface area (Å²) in [5, 5.41) is 0.0620. The van der Waals surface area contributed by atoms with Crippen molar-refractivity contribution in [2.45, 2.75) is 13.0 Å². The summed E-state index contributed by atoms with van der Waals surface area (Å²) in [5.41, 5.74) is 0.740. The molecule has 3 nitrogen and oxygen atoms in total. The molecule has 1 saturated heterocycles. The van der Waals surface area contributed by atoms with Crippen LogP contribution in [0.2, 0.25) is 5.02 Å². The smallest absolute Gasteiger partial charge is 0.330 e. The van der Waals surface area contributed by atoms with Gasteiger partial charge in [-0.3, -0.25) is 0 Å². The largest absolute Gasteiger partial charge is 0.464 e. The molecule has 1 aliphatic rings. The molecule has 0 bridgehead atoms. The number of rotatable bonds is 3. The summed E-state index contributed by atoms with van der Waals surface area (Å²) in [6, 6.07) is 4.15. The molecule has 1 aliphatic heterocycles. The molecule has 5 heteroatoms. The maximum absolute atomic E-state index is 12.9. The highest BCUT2D eigenvalue weighted by Crippen LogP contribution is 2.31. The van der Waals surface area contributed by atoms with Gasteiger partial charge in [0, 0.05) is 5.69 Å². The number of carbonyl (C=O) groups is 1. The van der Waals surface area contributed by atoms with Gasteiger partial charge < -0.3 is 9.64 Å². The third-order valence-corrected chi connectivity index (χ3v) is 2.70. The molecule has 2 rings (SSSR count). The molecule has 1 unspecified atom stereocenters. The van der Waals surface area contributed by atoms with Crippen LogP contribution < -0.4 is 4.90 Å². The van der Waals surface area contributed by atoms with Crippen LogP contribution in [0.4, 0.5) is 10.1 Å². The summed E-state index contributed by atoms with van der Waals surface area (Å²) in [5.74, 6) is -0.706. The van der Waals surface area contributed by atoms with E-state index in [9.17, 15) is 9.18 Å². The Kier molecular flexibility index (Phi) is 3.01. The van der Waals surface area contributed by atoms with Crippen molar-refractivity contribution in [3.63, 3.8) is 0 Å². The fourth-order valence-electron chi connectivity index (χ4n) is 1.53. The Morgan fingerprint density at radius 2 is 2.44 bits per heavy atom. The Balaban J connectivity index is 2.06. The van der Waals surface area contributed by atoms with Crippen LogP contribution in [0.5, 0.6) is 0 Å². The van der Waals surface area contributed by atoms with Crippen LogP contribution in [0, 0.1) is 5.82 Å². The second kappa shape index (κ2) is 4.29. The van der Waals surface area contributed by atoms with Gasteiger partial charge in [0.05, 0.1) is 18.2 Å². The second-order valence-corrected chi connectivity index (χ2v) is 3.93.